The molecule has 4 heteroatoms. The van der Waals surface area contributed by atoms with Gasteiger partial charge in [-0.05, 0) is 45.1 Å². The molecule has 1 fully saturated rings. The molecule has 0 aromatic rings. The Morgan fingerprint density at radius 3 is 2.39 bits per heavy atom. The van der Waals surface area contributed by atoms with Crippen molar-refractivity contribution in [2.75, 3.05) is 25.1 Å². The molecule has 18 heavy (non-hydrogen) atoms. The number of nitrogens with one attached hydrogen (secondary N) is 1. The summed E-state index contributed by atoms with van der Waals surface area (Å²) in [5.74, 6) is 1.44. The molecule has 1 heterocycles. The molecule has 1 rings (SSSR count). The molecule has 2 atom stereocenters. The predicted molar refractivity (Wildman–Crippen MR) is 80.1 cm³/mol. The summed E-state index contributed by atoms with van der Waals surface area (Å²) in [5, 5.41) is 3.43. The van der Waals surface area contributed by atoms with Crippen LogP contribution in [0, 0.1) is 0 Å². The Morgan fingerprint density at radius 1 is 1.22 bits per heavy atom. The summed E-state index contributed by atoms with van der Waals surface area (Å²) in [6, 6.07) is 0.378. The quantitative estimate of drug-likeness (QED) is 0.806. The maximum atomic E-state index is 12.3. The fourth-order valence-corrected chi connectivity index (χ4v) is 3.03. The van der Waals surface area contributed by atoms with Gasteiger partial charge in [-0.3, -0.25) is 4.79 Å². The molecule has 1 aliphatic heterocycles. The molecule has 0 aromatic heterocycles. The Morgan fingerprint density at radius 2 is 1.83 bits per heavy atom. The van der Waals surface area contributed by atoms with Crippen molar-refractivity contribution in [2.24, 2.45) is 0 Å². The number of amides is 1. The number of nitrogens with zero attached hydrogens (tertiary/aromatic N) is 1. The number of rotatable bonds is 6. The van der Waals surface area contributed by atoms with Crippen LogP contribution in [0.5, 0.6) is 0 Å². The largest absolute Gasteiger partial charge is 0.341 e. The van der Waals surface area contributed by atoms with Crippen LogP contribution in [-0.2, 0) is 4.79 Å². The van der Waals surface area contributed by atoms with Gasteiger partial charge in [0.1, 0.15) is 0 Å². The van der Waals surface area contributed by atoms with E-state index in [4.69, 9.17) is 0 Å². The van der Waals surface area contributed by atoms with Crippen molar-refractivity contribution in [1.29, 1.82) is 0 Å². The summed E-state index contributed by atoms with van der Waals surface area (Å²) in [6.07, 6.45) is 8.13. The Hall–Kier alpha value is -0.220. The first-order chi connectivity index (χ1) is 8.65. The lowest BCUT2D eigenvalue weighted by Crippen LogP contribution is -2.48. The van der Waals surface area contributed by atoms with Gasteiger partial charge >= 0.3 is 0 Å². The molecule has 106 valence electrons. The van der Waals surface area contributed by atoms with Crippen LogP contribution in [0.15, 0.2) is 0 Å². The third-order valence-electron chi connectivity index (χ3n) is 3.58. The highest BCUT2D eigenvalue weighted by Gasteiger charge is 2.22. The van der Waals surface area contributed by atoms with E-state index in [2.05, 4.69) is 18.5 Å². The van der Waals surface area contributed by atoms with Crippen LogP contribution in [0.25, 0.3) is 0 Å². The fraction of sp³-hybridized carbons (Fsp3) is 0.929. The standard InChI is InChI=1S/C14H28N2OS/c1-12(8-11-18-3)15-13(2)14(17)16-9-6-4-5-7-10-16/h12-13,15H,4-11H2,1-3H3. The van der Waals surface area contributed by atoms with Crippen molar-refractivity contribution in [1.82, 2.24) is 10.2 Å². The predicted octanol–water partition coefficient (Wildman–Crippen LogP) is 2.51. The van der Waals surface area contributed by atoms with E-state index >= 15 is 0 Å². The van der Waals surface area contributed by atoms with Crippen LogP contribution in [0.2, 0.25) is 0 Å². The van der Waals surface area contributed by atoms with Gasteiger partial charge in [0.2, 0.25) is 5.91 Å². The molecule has 1 saturated heterocycles. The van der Waals surface area contributed by atoms with Gasteiger partial charge < -0.3 is 10.2 Å². The second-order valence-corrected chi connectivity index (χ2v) is 6.30. The first-order valence-corrected chi connectivity index (χ1v) is 8.58. The average Bonchev–Trinajstić information content (AvgIpc) is 2.64. The number of hydrogen-bond acceptors (Lipinski definition) is 3. The molecule has 0 aliphatic carbocycles. The third-order valence-corrected chi connectivity index (χ3v) is 4.22. The van der Waals surface area contributed by atoms with E-state index in [1.807, 2.05) is 23.6 Å². The second-order valence-electron chi connectivity index (χ2n) is 5.31. The van der Waals surface area contributed by atoms with Gasteiger partial charge in [-0.2, -0.15) is 11.8 Å². The average molecular weight is 272 g/mol. The normalized spacial score (nSPS) is 20.3. The van der Waals surface area contributed by atoms with Gasteiger partial charge in [-0.25, -0.2) is 0 Å². The maximum absolute atomic E-state index is 12.3. The van der Waals surface area contributed by atoms with Crippen molar-refractivity contribution >= 4 is 17.7 Å². The summed E-state index contributed by atoms with van der Waals surface area (Å²) < 4.78 is 0. The van der Waals surface area contributed by atoms with E-state index in [1.165, 1.54) is 25.7 Å². The van der Waals surface area contributed by atoms with E-state index in [0.29, 0.717) is 6.04 Å². The topological polar surface area (TPSA) is 32.3 Å². The zero-order chi connectivity index (χ0) is 13.4. The lowest BCUT2D eigenvalue weighted by molar-refractivity contribution is -0.133. The van der Waals surface area contributed by atoms with Gasteiger partial charge in [0.05, 0.1) is 6.04 Å². The maximum Gasteiger partial charge on any atom is 0.239 e. The monoisotopic (exact) mass is 272 g/mol. The fourth-order valence-electron chi connectivity index (χ4n) is 2.44. The van der Waals surface area contributed by atoms with Crippen molar-refractivity contribution in [3.05, 3.63) is 0 Å². The Bertz CT molecular complexity index is 240. The Kier molecular flexibility index (Phi) is 7.75. The van der Waals surface area contributed by atoms with Crippen molar-refractivity contribution in [3.63, 3.8) is 0 Å². The molecule has 0 aromatic carbocycles. The highest BCUT2D eigenvalue weighted by Crippen LogP contribution is 2.11. The molecule has 1 amide bonds. The minimum Gasteiger partial charge on any atom is -0.341 e. The molecule has 3 nitrogen and oxygen atoms in total. The molecule has 0 bridgehead atoms. The SMILES string of the molecule is CSCCC(C)NC(C)C(=O)N1CCCCCC1. The van der Waals surface area contributed by atoms with Gasteiger partial charge in [0.25, 0.3) is 0 Å². The molecule has 0 spiro atoms. The smallest absolute Gasteiger partial charge is 0.239 e. The Balaban J connectivity index is 2.34. The van der Waals surface area contributed by atoms with Crippen LogP contribution in [-0.4, -0.2) is 48.0 Å². The molecular formula is C14H28N2OS. The summed E-state index contributed by atoms with van der Waals surface area (Å²) in [6.45, 7) is 6.07. The molecule has 1 aliphatic rings. The first-order valence-electron chi connectivity index (χ1n) is 7.19. The molecule has 2 unspecified atom stereocenters. The lowest BCUT2D eigenvalue weighted by atomic mass is 10.2. The summed E-state index contributed by atoms with van der Waals surface area (Å²) >= 11 is 1.86. The Labute approximate surface area is 116 Å². The second kappa shape index (κ2) is 8.81. The molecule has 0 saturated carbocycles. The van der Waals surface area contributed by atoms with Gasteiger partial charge in [0.15, 0.2) is 0 Å². The van der Waals surface area contributed by atoms with E-state index in [1.54, 1.807) is 0 Å². The highest BCUT2D eigenvalue weighted by atomic mass is 32.2. The molecular weight excluding hydrogens is 244 g/mol. The van der Waals surface area contributed by atoms with Gasteiger partial charge in [0, 0.05) is 19.1 Å². The van der Waals surface area contributed by atoms with Crippen molar-refractivity contribution in [2.45, 2.75) is 58.0 Å². The van der Waals surface area contributed by atoms with Crippen molar-refractivity contribution < 1.29 is 4.79 Å². The van der Waals surface area contributed by atoms with E-state index in [0.717, 1.165) is 25.3 Å². The van der Waals surface area contributed by atoms with Crippen LogP contribution in [0.1, 0.15) is 46.0 Å². The van der Waals surface area contributed by atoms with Crippen LogP contribution < -0.4 is 5.32 Å². The highest BCUT2D eigenvalue weighted by molar-refractivity contribution is 7.98. The van der Waals surface area contributed by atoms with E-state index in [9.17, 15) is 4.79 Å². The minimum atomic E-state index is -0.0417. The first kappa shape index (κ1) is 15.8. The van der Waals surface area contributed by atoms with Crippen LogP contribution >= 0.6 is 11.8 Å². The lowest BCUT2D eigenvalue weighted by Gasteiger charge is -2.26. The summed E-state index contributed by atoms with van der Waals surface area (Å²) in [5.41, 5.74) is 0. The summed E-state index contributed by atoms with van der Waals surface area (Å²) in [7, 11) is 0. The van der Waals surface area contributed by atoms with E-state index < -0.39 is 0 Å². The third kappa shape index (κ3) is 5.61. The number of thioether (sulfide) groups is 1. The molecule has 0 radical (unpaired) electrons. The van der Waals surface area contributed by atoms with Crippen LogP contribution in [0.4, 0.5) is 0 Å². The summed E-state index contributed by atoms with van der Waals surface area (Å²) in [4.78, 5) is 14.4. The van der Waals surface area contributed by atoms with Gasteiger partial charge in [-0.1, -0.05) is 12.8 Å². The number of carbonyl (C=O) groups excluding carboxylic acids is 1. The molecule has 1 N–H and O–H groups in total. The zero-order valence-electron chi connectivity index (χ0n) is 12.1. The van der Waals surface area contributed by atoms with Crippen LogP contribution in [0.3, 0.4) is 0 Å². The van der Waals surface area contributed by atoms with Gasteiger partial charge in [-0.15, -0.1) is 0 Å². The number of likely N-dealkylation sites (tertiary alicyclic amines) is 1. The minimum absolute atomic E-state index is 0.0417. The van der Waals surface area contributed by atoms with Crippen molar-refractivity contribution in [3.8, 4) is 0 Å². The number of carbonyl (C=O) groups is 1. The zero-order valence-corrected chi connectivity index (χ0v) is 12.9. The number of hydrogen-bond donors (Lipinski definition) is 1. The van der Waals surface area contributed by atoms with E-state index in [-0.39, 0.29) is 11.9 Å².